The maximum atomic E-state index is 12.9. The van der Waals surface area contributed by atoms with E-state index < -0.39 is 0 Å². The lowest BCUT2D eigenvalue weighted by molar-refractivity contribution is 0.0867. The van der Waals surface area contributed by atoms with Gasteiger partial charge in [0.1, 0.15) is 17.3 Å². The summed E-state index contributed by atoms with van der Waals surface area (Å²) in [5, 5.41) is 12.5. The SMILES string of the molecule is O=C(NC1CCC(O)CC1)c1ccc(Oc2ccc(F)cc2)cc1. The molecule has 2 N–H and O–H groups in total. The molecule has 1 saturated carbocycles. The lowest BCUT2D eigenvalue weighted by Crippen LogP contribution is -2.38. The second kappa shape index (κ2) is 7.45. The normalized spacial score (nSPS) is 20.4. The van der Waals surface area contributed by atoms with Crippen molar-refractivity contribution in [2.24, 2.45) is 0 Å². The summed E-state index contributed by atoms with van der Waals surface area (Å²) in [6.07, 6.45) is 2.84. The van der Waals surface area contributed by atoms with Crippen molar-refractivity contribution in [1.82, 2.24) is 5.32 Å². The molecule has 1 fully saturated rings. The Morgan fingerprint density at radius 1 is 0.958 bits per heavy atom. The Morgan fingerprint density at radius 2 is 1.50 bits per heavy atom. The van der Waals surface area contributed by atoms with Crippen LogP contribution in [0.15, 0.2) is 48.5 Å². The lowest BCUT2D eigenvalue weighted by Gasteiger charge is -2.26. The molecule has 0 atom stereocenters. The van der Waals surface area contributed by atoms with Gasteiger partial charge in [-0.15, -0.1) is 0 Å². The monoisotopic (exact) mass is 329 g/mol. The number of amides is 1. The van der Waals surface area contributed by atoms with Gasteiger partial charge in [-0.05, 0) is 74.2 Å². The number of aliphatic hydroxyl groups excluding tert-OH is 1. The van der Waals surface area contributed by atoms with E-state index in [1.807, 2.05) is 0 Å². The Labute approximate surface area is 140 Å². The first-order valence-electron chi connectivity index (χ1n) is 8.12. The number of ether oxygens (including phenoxy) is 1. The maximum absolute atomic E-state index is 12.9. The Balaban J connectivity index is 1.57. The molecule has 0 heterocycles. The van der Waals surface area contributed by atoms with Crippen molar-refractivity contribution in [1.29, 1.82) is 0 Å². The molecule has 0 aliphatic heterocycles. The van der Waals surface area contributed by atoms with Gasteiger partial charge in [0.2, 0.25) is 0 Å². The molecule has 0 spiro atoms. The average molecular weight is 329 g/mol. The zero-order chi connectivity index (χ0) is 16.9. The predicted molar refractivity (Wildman–Crippen MR) is 88.6 cm³/mol. The highest BCUT2D eigenvalue weighted by molar-refractivity contribution is 5.94. The van der Waals surface area contributed by atoms with Gasteiger partial charge >= 0.3 is 0 Å². The van der Waals surface area contributed by atoms with Crippen LogP contribution < -0.4 is 10.1 Å². The smallest absolute Gasteiger partial charge is 0.251 e. The van der Waals surface area contributed by atoms with Gasteiger partial charge in [-0.3, -0.25) is 4.79 Å². The highest BCUT2D eigenvalue weighted by Gasteiger charge is 2.21. The van der Waals surface area contributed by atoms with Crippen molar-refractivity contribution < 1.29 is 19.0 Å². The minimum atomic E-state index is -0.315. The van der Waals surface area contributed by atoms with Crippen molar-refractivity contribution in [3.63, 3.8) is 0 Å². The third-order valence-electron chi connectivity index (χ3n) is 4.20. The number of nitrogens with one attached hydrogen (secondary N) is 1. The highest BCUT2D eigenvalue weighted by Crippen LogP contribution is 2.22. The van der Waals surface area contributed by atoms with E-state index in [0.717, 1.165) is 25.7 Å². The standard InChI is InChI=1S/C19H20FNO3/c20-14-3-11-18(12-4-14)24-17-9-1-13(2-10-17)19(23)21-15-5-7-16(22)8-6-15/h1-4,9-12,15-16,22H,5-8H2,(H,21,23). The van der Waals surface area contributed by atoms with E-state index in [1.165, 1.54) is 12.1 Å². The number of carbonyl (C=O) groups excluding carboxylic acids is 1. The summed E-state index contributed by atoms with van der Waals surface area (Å²) in [6, 6.07) is 12.7. The fourth-order valence-electron chi connectivity index (χ4n) is 2.80. The molecule has 1 aliphatic carbocycles. The molecule has 2 aromatic rings. The summed E-state index contributed by atoms with van der Waals surface area (Å²) in [5.41, 5.74) is 0.563. The van der Waals surface area contributed by atoms with Crippen molar-refractivity contribution in [3.05, 3.63) is 59.9 Å². The molecular formula is C19H20FNO3. The van der Waals surface area contributed by atoms with Gasteiger partial charge in [0.05, 0.1) is 6.10 Å². The zero-order valence-electron chi connectivity index (χ0n) is 13.2. The van der Waals surface area contributed by atoms with Crippen LogP contribution in [0.5, 0.6) is 11.5 Å². The molecule has 0 radical (unpaired) electrons. The van der Waals surface area contributed by atoms with E-state index in [1.54, 1.807) is 36.4 Å². The molecule has 0 bridgehead atoms. The van der Waals surface area contributed by atoms with Crippen LogP contribution >= 0.6 is 0 Å². The number of aliphatic hydroxyl groups is 1. The molecule has 0 aromatic heterocycles. The molecule has 24 heavy (non-hydrogen) atoms. The fourth-order valence-corrected chi connectivity index (χ4v) is 2.80. The zero-order valence-corrected chi connectivity index (χ0v) is 13.2. The van der Waals surface area contributed by atoms with Gasteiger partial charge in [-0.1, -0.05) is 0 Å². The van der Waals surface area contributed by atoms with Gasteiger partial charge in [0, 0.05) is 11.6 Å². The average Bonchev–Trinajstić information content (AvgIpc) is 2.59. The summed E-state index contributed by atoms with van der Waals surface area (Å²) in [5.74, 6) is 0.683. The fraction of sp³-hybridized carbons (Fsp3) is 0.316. The van der Waals surface area contributed by atoms with Crippen LogP contribution in [0.4, 0.5) is 4.39 Å². The van der Waals surface area contributed by atoms with Crippen LogP contribution in [0.1, 0.15) is 36.0 Å². The number of benzene rings is 2. The molecule has 0 unspecified atom stereocenters. The molecular weight excluding hydrogens is 309 g/mol. The van der Waals surface area contributed by atoms with Gasteiger partial charge in [0.15, 0.2) is 0 Å². The van der Waals surface area contributed by atoms with E-state index in [4.69, 9.17) is 4.74 Å². The van der Waals surface area contributed by atoms with Crippen molar-refractivity contribution in [2.75, 3.05) is 0 Å². The van der Waals surface area contributed by atoms with E-state index in [2.05, 4.69) is 5.32 Å². The molecule has 1 amide bonds. The van der Waals surface area contributed by atoms with Crippen molar-refractivity contribution in [2.45, 2.75) is 37.8 Å². The predicted octanol–water partition coefficient (Wildman–Crippen LogP) is 3.65. The quantitative estimate of drug-likeness (QED) is 0.900. The third-order valence-corrected chi connectivity index (χ3v) is 4.20. The van der Waals surface area contributed by atoms with E-state index >= 15 is 0 Å². The number of halogens is 1. The molecule has 2 aromatic carbocycles. The summed E-state index contributed by atoms with van der Waals surface area (Å²) in [7, 11) is 0. The molecule has 126 valence electrons. The summed E-state index contributed by atoms with van der Waals surface area (Å²) >= 11 is 0. The summed E-state index contributed by atoms with van der Waals surface area (Å²) in [6.45, 7) is 0. The van der Waals surface area contributed by atoms with Gasteiger partial charge in [0.25, 0.3) is 5.91 Å². The van der Waals surface area contributed by atoms with Crippen LogP contribution in [0.3, 0.4) is 0 Å². The molecule has 5 heteroatoms. The Hall–Kier alpha value is -2.40. The molecule has 3 rings (SSSR count). The van der Waals surface area contributed by atoms with Crippen LogP contribution in [-0.2, 0) is 0 Å². The van der Waals surface area contributed by atoms with Crippen LogP contribution in [0, 0.1) is 5.82 Å². The Bertz CT molecular complexity index is 677. The first-order valence-corrected chi connectivity index (χ1v) is 8.12. The van der Waals surface area contributed by atoms with Crippen LogP contribution in [0.2, 0.25) is 0 Å². The van der Waals surface area contributed by atoms with E-state index in [9.17, 15) is 14.3 Å². The number of hydrogen-bond donors (Lipinski definition) is 2. The first kappa shape index (κ1) is 16.5. The summed E-state index contributed by atoms with van der Waals surface area (Å²) < 4.78 is 18.5. The van der Waals surface area contributed by atoms with Crippen molar-refractivity contribution >= 4 is 5.91 Å². The molecule has 4 nitrogen and oxygen atoms in total. The topological polar surface area (TPSA) is 58.6 Å². The summed E-state index contributed by atoms with van der Waals surface area (Å²) in [4.78, 5) is 12.2. The minimum absolute atomic E-state index is 0.121. The minimum Gasteiger partial charge on any atom is -0.457 e. The largest absolute Gasteiger partial charge is 0.457 e. The second-order valence-corrected chi connectivity index (χ2v) is 6.06. The highest BCUT2D eigenvalue weighted by atomic mass is 19.1. The number of hydrogen-bond acceptors (Lipinski definition) is 3. The Kier molecular flexibility index (Phi) is 5.11. The van der Waals surface area contributed by atoms with Crippen LogP contribution in [-0.4, -0.2) is 23.2 Å². The Morgan fingerprint density at radius 3 is 2.08 bits per heavy atom. The van der Waals surface area contributed by atoms with Gasteiger partial charge in [-0.25, -0.2) is 4.39 Å². The number of carbonyl (C=O) groups is 1. The third kappa shape index (κ3) is 4.32. The van der Waals surface area contributed by atoms with Gasteiger partial charge < -0.3 is 15.2 Å². The maximum Gasteiger partial charge on any atom is 0.251 e. The number of rotatable bonds is 4. The van der Waals surface area contributed by atoms with Gasteiger partial charge in [-0.2, -0.15) is 0 Å². The lowest BCUT2D eigenvalue weighted by atomic mass is 9.93. The second-order valence-electron chi connectivity index (χ2n) is 6.06. The first-order chi connectivity index (χ1) is 11.6. The molecule has 1 aliphatic rings. The van der Waals surface area contributed by atoms with Crippen molar-refractivity contribution in [3.8, 4) is 11.5 Å². The van der Waals surface area contributed by atoms with E-state index in [0.29, 0.717) is 17.1 Å². The van der Waals surface area contributed by atoms with Crippen LogP contribution in [0.25, 0.3) is 0 Å². The molecule has 0 saturated heterocycles. The van der Waals surface area contributed by atoms with E-state index in [-0.39, 0.29) is 23.9 Å².